The third kappa shape index (κ3) is 4.59. The van der Waals surface area contributed by atoms with E-state index >= 15 is 0 Å². The van der Waals surface area contributed by atoms with Crippen LogP contribution in [-0.2, 0) is 4.79 Å². The van der Waals surface area contributed by atoms with E-state index in [0.29, 0.717) is 34.3 Å². The molecule has 0 fully saturated rings. The smallest absolute Gasteiger partial charge is 0.302 e. The first-order chi connectivity index (χ1) is 17.4. The average molecular weight is 500 g/mol. The summed E-state index contributed by atoms with van der Waals surface area (Å²) >= 11 is 1.20. The van der Waals surface area contributed by atoms with Gasteiger partial charge in [-0.25, -0.2) is 4.98 Å². The zero-order valence-electron chi connectivity index (χ0n) is 20.2. The molecule has 8 heteroatoms. The van der Waals surface area contributed by atoms with Crippen molar-refractivity contribution in [2.75, 3.05) is 17.7 Å². The van der Waals surface area contributed by atoms with Crippen molar-refractivity contribution in [3.8, 4) is 11.4 Å². The summed E-state index contributed by atoms with van der Waals surface area (Å²) in [6.45, 7) is 6.39. The molecule has 0 radical (unpaired) electrons. The van der Waals surface area contributed by atoms with E-state index in [1.165, 1.54) is 16.3 Å². The normalized spacial score (nSPS) is 11.2. The Labute approximate surface area is 212 Å². The highest BCUT2D eigenvalue weighted by atomic mass is 32.2. The van der Waals surface area contributed by atoms with Gasteiger partial charge < -0.3 is 14.5 Å². The fraction of sp³-hybridized carbons (Fsp3) is 0.179. The second kappa shape index (κ2) is 9.91. The zero-order valence-corrected chi connectivity index (χ0v) is 21.0. The molecule has 2 aromatic heterocycles. The Balaban J connectivity index is 1.54. The molecule has 0 aliphatic carbocycles. The minimum absolute atomic E-state index is 0.0815. The van der Waals surface area contributed by atoms with E-state index in [0.717, 1.165) is 22.2 Å². The topological polar surface area (TPSA) is 86.4 Å². The van der Waals surface area contributed by atoms with Crippen molar-refractivity contribution in [3.05, 3.63) is 88.2 Å². The molecule has 7 nitrogen and oxygen atoms in total. The summed E-state index contributed by atoms with van der Waals surface area (Å²) in [5, 5.41) is 4.13. The predicted molar refractivity (Wildman–Crippen MR) is 144 cm³/mol. The van der Waals surface area contributed by atoms with Crippen molar-refractivity contribution in [2.24, 2.45) is 0 Å². The lowest BCUT2D eigenvalue weighted by Crippen LogP contribution is -2.22. The van der Waals surface area contributed by atoms with Gasteiger partial charge in [-0.3, -0.25) is 14.2 Å². The first kappa shape index (κ1) is 23.7. The molecule has 2 heterocycles. The molecule has 0 saturated heterocycles. The van der Waals surface area contributed by atoms with Gasteiger partial charge in [0, 0.05) is 11.1 Å². The number of furan rings is 1. The molecule has 0 unspecified atom stereocenters. The van der Waals surface area contributed by atoms with E-state index in [1.807, 2.05) is 63.2 Å². The van der Waals surface area contributed by atoms with Crippen molar-refractivity contribution in [1.29, 1.82) is 0 Å². The highest BCUT2D eigenvalue weighted by Crippen LogP contribution is 2.29. The average Bonchev–Trinajstić information content (AvgIpc) is 3.25. The van der Waals surface area contributed by atoms with Gasteiger partial charge in [0.25, 0.3) is 0 Å². The van der Waals surface area contributed by atoms with Gasteiger partial charge in [0.15, 0.2) is 5.16 Å². The standard InChI is InChI=1S/C28H25N3O4S/c1-4-34-20-13-11-19(12-14-20)31-27(33)26-25(21-7-5-6-8-23(21)35-26)30-28(31)36-16-24(32)29-22-15-17(2)9-10-18(22)3/h5-15H,4,16H2,1-3H3,(H,29,32). The Hall–Kier alpha value is -4.04. The second-order valence-corrected chi connectivity index (χ2v) is 9.34. The number of benzene rings is 3. The van der Waals surface area contributed by atoms with Gasteiger partial charge in [-0.15, -0.1) is 0 Å². The fourth-order valence-electron chi connectivity index (χ4n) is 3.99. The Morgan fingerprint density at radius 2 is 1.86 bits per heavy atom. The Morgan fingerprint density at radius 1 is 1.08 bits per heavy atom. The highest BCUT2D eigenvalue weighted by molar-refractivity contribution is 7.99. The monoisotopic (exact) mass is 499 g/mol. The molecule has 5 aromatic rings. The predicted octanol–water partition coefficient (Wildman–Crippen LogP) is 5.88. The van der Waals surface area contributed by atoms with Gasteiger partial charge in [-0.05, 0) is 74.4 Å². The van der Waals surface area contributed by atoms with Crippen molar-refractivity contribution >= 4 is 45.4 Å². The van der Waals surface area contributed by atoms with Gasteiger partial charge in [0.1, 0.15) is 16.8 Å². The van der Waals surface area contributed by atoms with Crippen LogP contribution in [0.4, 0.5) is 5.69 Å². The molecule has 0 saturated carbocycles. The van der Waals surface area contributed by atoms with Gasteiger partial charge in [0.2, 0.25) is 11.5 Å². The first-order valence-corrected chi connectivity index (χ1v) is 12.6. The number of rotatable bonds is 7. The summed E-state index contributed by atoms with van der Waals surface area (Å²) in [6, 6.07) is 20.5. The van der Waals surface area contributed by atoms with Crippen LogP contribution < -0.4 is 15.6 Å². The SMILES string of the molecule is CCOc1ccc(-n2c(SCC(=O)Nc3cc(C)ccc3C)nc3c(oc4ccccc43)c2=O)cc1. The molecule has 1 amide bonds. The van der Waals surface area contributed by atoms with E-state index in [1.54, 1.807) is 24.3 Å². The van der Waals surface area contributed by atoms with E-state index in [2.05, 4.69) is 5.32 Å². The van der Waals surface area contributed by atoms with Gasteiger partial charge in [0.05, 0.1) is 18.0 Å². The maximum Gasteiger partial charge on any atom is 0.302 e. The van der Waals surface area contributed by atoms with Gasteiger partial charge >= 0.3 is 5.56 Å². The van der Waals surface area contributed by atoms with Crippen LogP contribution in [0.1, 0.15) is 18.1 Å². The van der Waals surface area contributed by atoms with Crippen LogP contribution in [-0.4, -0.2) is 27.8 Å². The number of hydrogen-bond acceptors (Lipinski definition) is 6. The number of fused-ring (bicyclic) bond motifs is 3. The molecule has 0 aliphatic rings. The van der Waals surface area contributed by atoms with E-state index in [9.17, 15) is 9.59 Å². The lowest BCUT2D eigenvalue weighted by molar-refractivity contribution is -0.113. The number of aryl methyl sites for hydroxylation is 2. The van der Waals surface area contributed by atoms with Crippen LogP contribution >= 0.6 is 11.8 Å². The Bertz CT molecular complexity index is 1640. The quantitative estimate of drug-likeness (QED) is 0.222. The maximum absolute atomic E-state index is 13.6. The third-order valence-corrected chi connectivity index (χ3v) is 6.71. The number of amides is 1. The molecule has 1 N–H and O–H groups in total. The second-order valence-electron chi connectivity index (χ2n) is 8.39. The summed E-state index contributed by atoms with van der Waals surface area (Å²) in [7, 11) is 0. The molecular formula is C28H25N3O4S. The van der Waals surface area contributed by atoms with Crippen LogP contribution in [0.2, 0.25) is 0 Å². The Kier molecular flexibility index (Phi) is 6.52. The van der Waals surface area contributed by atoms with Crippen molar-refractivity contribution in [1.82, 2.24) is 9.55 Å². The van der Waals surface area contributed by atoms with Crippen LogP contribution in [0.15, 0.2) is 81.1 Å². The molecule has 182 valence electrons. The third-order valence-electron chi connectivity index (χ3n) is 5.77. The molecule has 36 heavy (non-hydrogen) atoms. The largest absolute Gasteiger partial charge is 0.494 e. The van der Waals surface area contributed by atoms with Crippen LogP contribution in [0, 0.1) is 13.8 Å². The number of hydrogen-bond donors (Lipinski definition) is 1. The van der Waals surface area contributed by atoms with Gasteiger partial charge in [-0.2, -0.15) is 0 Å². The highest BCUT2D eigenvalue weighted by Gasteiger charge is 2.20. The van der Waals surface area contributed by atoms with E-state index in [-0.39, 0.29) is 22.8 Å². The van der Waals surface area contributed by atoms with Crippen molar-refractivity contribution < 1.29 is 13.9 Å². The van der Waals surface area contributed by atoms with Crippen molar-refractivity contribution in [2.45, 2.75) is 25.9 Å². The number of nitrogens with zero attached hydrogens (tertiary/aromatic N) is 2. The summed E-state index contributed by atoms with van der Waals surface area (Å²) < 4.78 is 12.9. The van der Waals surface area contributed by atoms with Crippen LogP contribution in [0.5, 0.6) is 5.75 Å². The molecule has 3 aromatic carbocycles. The molecule has 0 bridgehead atoms. The lowest BCUT2D eigenvalue weighted by atomic mass is 10.1. The molecule has 5 rings (SSSR count). The number of anilines is 1. The number of para-hydroxylation sites is 1. The summed E-state index contributed by atoms with van der Waals surface area (Å²) in [6.07, 6.45) is 0. The number of thioether (sulfide) groups is 1. The zero-order chi connectivity index (χ0) is 25.2. The van der Waals surface area contributed by atoms with E-state index in [4.69, 9.17) is 14.1 Å². The number of ether oxygens (including phenoxy) is 1. The van der Waals surface area contributed by atoms with E-state index < -0.39 is 0 Å². The summed E-state index contributed by atoms with van der Waals surface area (Å²) in [5.41, 5.74) is 4.33. The lowest BCUT2D eigenvalue weighted by Gasteiger charge is -2.13. The molecule has 0 spiro atoms. The van der Waals surface area contributed by atoms with Crippen LogP contribution in [0.25, 0.3) is 27.8 Å². The van der Waals surface area contributed by atoms with Gasteiger partial charge in [-0.1, -0.05) is 36.0 Å². The number of carbonyl (C=O) groups is 1. The Morgan fingerprint density at radius 3 is 2.64 bits per heavy atom. The van der Waals surface area contributed by atoms with Crippen LogP contribution in [0.3, 0.4) is 0 Å². The number of nitrogens with one attached hydrogen (secondary N) is 1. The first-order valence-electron chi connectivity index (χ1n) is 11.6. The molecule has 0 atom stereocenters. The maximum atomic E-state index is 13.6. The molecular weight excluding hydrogens is 474 g/mol. The minimum Gasteiger partial charge on any atom is -0.494 e. The minimum atomic E-state index is -0.335. The summed E-state index contributed by atoms with van der Waals surface area (Å²) in [5.74, 6) is 0.602. The number of carbonyl (C=O) groups excluding carboxylic acids is 1. The summed E-state index contributed by atoms with van der Waals surface area (Å²) in [4.78, 5) is 31.3. The van der Waals surface area contributed by atoms with Crippen molar-refractivity contribution in [3.63, 3.8) is 0 Å². The molecule has 0 aliphatic heterocycles. The fourth-order valence-corrected chi connectivity index (χ4v) is 4.80. The number of aromatic nitrogens is 2.